The van der Waals surface area contributed by atoms with Crippen LogP contribution in [0.4, 0.5) is 9.52 Å². The molecule has 0 saturated carbocycles. The number of nitrogens with zero attached hydrogens (tertiary/aromatic N) is 2. The van der Waals surface area contributed by atoms with Gasteiger partial charge in [0.15, 0.2) is 5.13 Å². The van der Waals surface area contributed by atoms with Gasteiger partial charge in [0, 0.05) is 17.6 Å². The molecule has 2 aromatic heterocycles. The smallest absolute Gasteiger partial charge is 0.270 e. The summed E-state index contributed by atoms with van der Waals surface area (Å²) in [6, 6.07) is 9.90. The van der Waals surface area contributed by atoms with Gasteiger partial charge in [-0.1, -0.05) is 6.07 Å². The predicted octanol–water partition coefficient (Wildman–Crippen LogP) is 4.84. The molecule has 7 heteroatoms. The van der Waals surface area contributed by atoms with E-state index in [1.165, 1.54) is 34.8 Å². The van der Waals surface area contributed by atoms with Crippen LogP contribution >= 0.6 is 22.7 Å². The molecule has 0 bridgehead atoms. The molecule has 1 aliphatic rings. The molecule has 1 unspecified atom stereocenters. The molecule has 1 saturated heterocycles. The van der Waals surface area contributed by atoms with Crippen LogP contribution in [0.3, 0.4) is 0 Å². The van der Waals surface area contributed by atoms with Gasteiger partial charge in [-0.25, -0.2) is 9.37 Å². The topological polar surface area (TPSA) is 42.4 Å². The van der Waals surface area contributed by atoms with Gasteiger partial charge in [-0.15, -0.1) is 22.7 Å². The number of hydrogen-bond donors (Lipinski definition) is 0. The number of hydrogen-bond acceptors (Lipinski definition) is 5. The molecular formula is C19H17FN2O2S2. The molecule has 0 aliphatic carbocycles. The van der Waals surface area contributed by atoms with Crippen molar-refractivity contribution in [1.29, 1.82) is 0 Å². The lowest BCUT2D eigenvalue weighted by atomic mass is 10.2. The molecule has 1 amide bonds. The molecule has 4 rings (SSSR count). The highest BCUT2D eigenvalue weighted by Gasteiger charge is 2.27. The van der Waals surface area contributed by atoms with Crippen molar-refractivity contribution in [1.82, 2.24) is 4.98 Å². The Balaban J connectivity index is 1.62. The van der Waals surface area contributed by atoms with Gasteiger partial charge in [0.05, 0.1) is 23.2 Å². The molecule has 134 valence electrons. The number of aromatic nitrogens is 1. The molecule has 0 radical (unpaired) electrons. The van der Waals surface area contributed by atoms with Crippen LogP contribution in [-0.2, 0) is 4.74 Å². The Hall–Kier alpha value is -2.09. The zero-order valence-electron chi connectivity index (χ0n) is 13.9. The number of rotatable bonds is 5. The van der Waals surface area contributed by atoms with E-state index in [1.807, 2.05) is 22.9 Å². The first-order chi connectivity index (χ1) is 12.7. The molecule has 1 aliphatic heterocycles. The van der Waals surface area contributed by atoms with Gasteiger partial charge in [-0.3, -0.25) is 9.69 Å². The van der Waals surface area contributed by atoms with E-state index in [-0.39, 0.29) is 17.8 Å². The Morgan fingerprint density at radius 1 is 1.27 bits per heavy atom. The second kappa shape index (κ2) is 7.65. The van der Waals surface area contributed by atoms with Crippen molar-refractivity contribution < 1.29 is 13.9 Å². The summed E-state index contributed by atoms with van der Waals surface area (Å²) in [5.74, 6) is -0.340. The van der Waals surface area contributed by atoms with Gasteiger partial charge in [-0.2, -0.15) is 0 Å². The fraction of sp³-hybridized carbons (Fsp3) is 0.263. The normalized spacial score (nSPS) is 16.7. The summed E-state index contributed by atoms with van der Waals surface area (Å²) in [5.41, 5.74) is 1.57. The first-order valence-electron chi connectivity index (χ1n) is 8.39. The van der Waals surface area contributed by atoms with Crippen LogP contribution in [0.1, 0.15) is 22.5 Å². The summed E-state index contributed by atoms with van der Waals surface area (Å²) >= 11 is 2.83. The largest absolute Gasteiger partial charge is 0.376 e. The Morgan fingerprint density at radius 2 is 2.12 bits per heavy atom. The summed E-state index contributed by atoms with van der Waals surface area (Å²) in [4.78, 5) is 20.0. The summed E-state index contributed by atoms with van der Waals surface area (Å²) in [6.45, 7) is 1.23. The van der Waals surface area contributed by atoms with Crippen molar-refractivity contribution in [2.75, 3.05) is 18.1 Å². The summed E-state index contributed by atoms with van der Waals surface area (Å²) < 4.78 is 18.9. The van der Waals surface area contributed by atoms with Crippen molar-refractivity contribution in [3.05, 3.63) is 57.9 Å². The number of anilines is 1. The zero-order chi connectivity index (χ0) is 17.9. The molecule has 4 nitrogen and oxygen atoms in total. The number of thiazole rings is 1. The first-order valence-corrected chi connectivity index (χ1v) is 10.1. The Bertz CT molecular complexity index is 871. The minimum atomic E-state index is -0.280. The molecular weight excluding hydrogens is 371 g/mol. The fourth-order valence-corrected chi connectivity index (χ4v) is 4.43. The van der Waals surface area contributed by atoms with E-state index >= 15 is 0 Å². The standard InChI is InChI=1S/C19H17FN2O2S2/c20-14-7-5-13(6-8-14)16-12-26-19(21-16)22(11-15-3-1-9-24-15)18(23)17-4-2-10-25-17/h2,4-8,10,12,15H,1,3,9,11H2. The Morgan fingerprint density at radius 3 is 2.81 bits per heavy atom. The Labute approximate surface area is 158 Å². The van der Waals surface area contributed by atoms with Crippen molar-refractivity contribution >= 4 is 33.7 Å². The quantitative estimate of drug-likeness (QED) is 0.628. The van der Waals surface area contributed by atoms with Gasteiger partial charge in [0.25, 0.3) is 5.91 Å². The summed E-state index contributed by atoms with van der Waals surface area (Å²) in [5, 5.41) is 4.42. The summed E-state index contributed by atoms with van der Waals surface area (Å²) in [7, 11) is 0. The maximum absolute atomic E-state index is 13.1. The molecule has 3 aromatic rings. The highest BCUT2D eigenvalue weighted by Crippen LogP contribution is 2.30. The SMILES string of the molecule is O=C(c1cccs1)N(CC1CCCO1)c1nc(-c2ccc(F)cc2)cs1. The van der Waals surface area contributed by atoms with Crippen LogP contribution in [0, 0.1) is 5.82 Å². The summed E-state index contributed by atoms with van der Waals surface area (Å²) in [6.07, 6.45) is 2.01. The average Bonchev–Trinajstić information content (AvgIpc) is 3.42. The molecule has 26 heavy (non-hydrogen) atoms. The maximum Gasteiger partial charge on any atom is 0.270 e. The molecule has 1 atom stereocenters. The number of carbonyl (C=O) groups excluding carboxylic acids is 1. The molecule has 0 spiro atoms. The lowest BCUT2D eigenvalue weighted by Crippen LogP contribution is -2.37. The lowest BCUT2D eigenvalue weighted by molar-refractivity contribution is 0.0920. The highest BCUT2D eigenvalue weighted by molar-refractivity contribution is 7.14. The van der Waals surface area contributed by atoms with Crippen LogP contribution in [-0.4, -0.2) is 30.1 Å². The number of benzene rings is 1. The zero-order valence-corrected chi connectivity index (χ0v) is 15.6. The van der Waals surface area contributed by atoms with E-state index in [0.717, 1.165) is 30.7 Å². The second-order valence-electron chi connectivity index (χ2n) is 6.05. The molecule has 0 N–H and O–H groups in total. The first kappa shape index (κ1) is 17.3. The van der Waals surface area contributed by atoms with Gasteiger partial charge in [0.1, 0.15) is 5.82 Å². The number of halogens is 1. The third-order valence-electron chi connectivity index (χ3n) is 4.25. The third-order valence-corrected chi connectivity index (χ3v) is 5.97. The van der Waals surface area contributed by atoms with E-state index in [4.69, 9.17) is 4.74 Å². The minimum absolute atomic E-state index is 0.0390. The van der Waals surface area contributed by atoms with Crippen molar-refractivity contribution in [3.8, 4) is 11.3 Å². The van der Waals surface area contributed by atoms with Gasteiger partial charge in [-0.05, 0) is 48.6 Å². The average molecular weight is 388 g/mol. The van der Waals surface area contributed by atoms with E-state index in [0.29, 0.717) is 16.6 Å². The van der Waals surface area contributed by atoms with Crippen LogP contribution in [0.2, 0.25) is 0 Å². The van der Waals surface area contributed by atoms with Crippen LogP contribution in [0.15, 0.2) is 47.2 Å². The van der Waals surface area contributed by atoms with Crippen LogP contribution < -0.4 is 4.90 Å². The number of thiophene rings is 1. The fourth-order valence-electron chi connectivity index (χ4n) is 2.91. The number of ether oxygens (including phenoxy) is 1. The maximum atomic E-state index is 13.1. The number of amides is 1. The van der Waals surface area contributed by atoms with Crippen molar-refractivity contribution in [3.63, 3.8) is 0 Å². The van der Waals surface area contributed by atoms with Crippen molar-refractivity contribution in [2.45, 2.75) is 18.9 Å². The van der Waals surface area contributed by atoms with E-state index in [2.05, 4.69) is 4.98 Å². The lowest BCUT2D eigenvalue weighted by Gasteiger charge is -2.22. The minimum Gasteiger partial charge on any atom is -0.376 e. The second-order valence-corrected chi connectivity index (χ2v) is 7.83. The van der Waals surface area contributed by atoms with Gasteiger partial charge < -0.3 is 4.74 Å². The monoisotopic (exact) mass is 388 g/mol. The van der Waals surface area contributed by atoms with E-state index in [9.17, 15) is 9.18 Å². The van der Waals surface area contributed by atoms with Crippen LogP contribution in [0.5, 0.6) is 0 Å². The third kappa shape index (κ3) is 3.70. The van der Waals surface area contributed by atoms with E-state index in [1.54, 1.807) is 17.0 Å². The van der Waals surface area contributed by atoms with Crippen molar-refractivity contribution in [2.24, 2.45) is 0 Å². The van der Waals surface area contributed by atoms with Gasteiger partial charge >= 0.3 is 0 Å². The Kier molecular flexibility index (Phi) is 5.10. The number of carbonyl (C=O) groups is 1. The predicted molar refractivity (Wildman–Crippen MR) is 102 cm³/mol. The molecule has 3 heterocycles. The van der Waals surface area contributed by atoms with E-state index < -0.39 is 0 Å². The van der Waals surface area contributed by atoms with Gasteiger partial charge in [0.2, 0.25) is 0 Å². The van der Waals surface area contributed by atoms with Crippen LogP contribution in [0.25, 0.3) is 11.3 Å². The highest BCUT2D eigenvalue weighted by atomic mass is 32.1. The molecule has 1 fully saturated rings. The molecule has 1 aromatic carbocycles.